The van der Waals surface area contributed by atoms with Crippen molar-refractivity contribution < 1.29 is 4.79 Å². The van der Waals surface area contributed by atoms with E-state index < -0.39 is 0 Å². The summed E-state index contributed by atoms with van der Waals surface area (Å²) >= 11 is 5.63. The predicted molar refractivity (Wildman–Crippen MR) is 61.4 cm³/mol. The van der Waals surface area contributed by atoms with E-state index in [0.29, 0.717) is 5.69 Å². The highest BCUT2D eigenvalue weighted by atomic mass is 35.5. The number of hydrogen-bond donors (Lipinski definition) is 1. The minimum absolute atomic E-state index is 0.108. The van der Waals surface area contributed by atoms with Crippen LogP contribution in [0.2, 0.25) is 5.28 Å². The van der Waals surface area contributed by atoms with Crippen molar-refractivity contribution in [3.63, 3.8) is 0 Å². The van der Waals surface area contributed by atoms with Crippen LogP contribution in [0.25, 0.3) is 0 Å². The van der Waals surface area contributed by atoms with Crippen LogP contribution >= 0.6 is 11.6 Å². The van der Waals surface area contributed by atoms with Gasteiger partial charge < -0.3 is 5.32 Å². The van der Waals surface area contributed by atoms with Crippen molar-refractivity contribution in [2.75, 3.05) is 0 Å². The van der Waals surface area contributed by atoms with Crippen LogP contribution in [0.5, 0.6) is 0 Å². The van der Waals surface area contributed by atoms with Crippen LogP contribution in [0.4, 0.5) is 0 Å². The molecule has 1 saturated carbocycles. The minimum atomic E-state index is -0.156. The number of carbonyl (C=O) groups is 1. The summed E-state index contributed by atoms with van der Waals surface area (Å²) in [4.78, 5) is 19.4. The third kappa shape index (κ3) is 2.92. The first-order chi connectivity index (χ1) is 7.75. The summed E-state index contributed by atoms with van der Waals surface area (Å²) in [6.07, 6.45) is 7.26. The molecule has 4 nitrogen and oxygen atoms in total. The quantitative estimate of drug-likeness (QED) is 0.805. The second kappa shape index (κ2) is 5.25. The highest BCUT2D eigenvalue weighted by Crippen LogP contribution is 2.17. The highest BCUT2D eigenvalue weighted by Gasteiger charge is 2.17. The van der Waals surface area contributed by atoms with E-state index in [2.05, 4.69) is 15.3 Å². The molecule has 1 aromatic rings. The van der Waals surface area contributed by atoms with Crippen molar-refractivity contribution in [1.29, 1.82) is 0 Å². The van der Waals surface area contributed by atoms with Gasteiger partial charge in [0.05, 0.1) is 0 Å². The third-order valence-corrected chi connectivity index (χ3v) is 2.98. The number of rotatable bonds is 2. The van der Waals surface area contributed by atoms with Crippen molar-refractivity contribution in [3.05, 3.63) is 23.2 Å². The molecule has 1 amide bonds. The Hall–Kier alpha value is -1.16. The number of hydrogen-bond acceptors (Lipinski definition) is 3. The van der Waals surface area contributed by atoms with Gasteiger partial charge >= 0.3 is 0 Å². The zero-order valence-electron chi connectivity index (χ0n) is 8.95. The fraction of sp³-hybridized carbons (Fsp3) is 0.545. The van der Waals surface area contributed by atoms with Crippen molar-refractivity contribution in [2.24, 2.45) is 0 Å². The Kier molecular flexibility index (Phi) is 3.72. The second-order valence-electron chi connectivity index (χ2n) is 4.02. The van der Waals surface area contributed by atoms with E-state index in [1.807, 2.05) is 0 Å². The molecule has 0 unspecified atom stereocenters. The van der Waals surface area contributed by atoms with Gasteiger partial charge in [-0.1, -0.05) is 19.3 Å². The molecule has 1 fully saturated rings. The minimum Gasteiger partial charge on any atom is -0.348 e. The molecule has 2 rings (SSSR count). The molecule has 0 spiro atoms. The van der Waals surface area contributed by atoms with Gasteiger partial charge in [-0.05, 0) is 30.5 Å². The van der Waals surface area contributed by atoms with Crippen LogP contribution in [-0.2, 0) is 0 Å². The molecular weight excluding hydrogens is 226 g/mol. The summed E-state index contributed by atoms with van der Waals surface area (Å²) in [5, 5.41) is 3.08. The molecule has 0 atom stereocenters. The lowest BCUT2D eigenvalue weighted by atomic mass is 9.95. The molecule has 1 heterocycles. The molecular formula is C11H14ClN3O. The number of carbonyl (C=O) groups excluding carboxylic acids is 1. The van der Waals surface area contributed by atoms with Gasteiger partial charge in [-0.3, -0.25) is 4.79 Å². The van der Waals surface area contributed by atoms with Crippen molar-refractivity contribution in [1.82, 2.24) is 15.3 Å². The van der Waals surface area contributed by atoms with Crippen LogP contribution in [0.1, 0.15) is 42.6 Å². The molecule has 1 aromatic heterocycles. The predicted octanol–water partition coefficient (Wildman–Crippen LogP) is 2.19. The van der Waals surface area contributed by atoms with Gasteiger partial charge in [-0.2, -0.15) is 0 Å². The maximum absolute atomic E-state index is 11.8. The van der Waals surface area contributed by atoms with Crippen LogP contribution in [-0.4, -0.2) is 21.9 Å². The molecule has 86 valence electrons. The highest BCUT2D eigenvalue weighted by molar-refractivity contribution is 6.28. The summed E-state index contributed by atoms with van der Waals surface area (Å²) < 4.78 is 0. The first kappa shape index (κ1) is 11.3. The van der Waals surface area contributed by atoms with E-state index in [4.69, 9.17) is 11.6 Å². The fourth-order valence-corrected chi connectivity index (χ4v) is 2.12. The second-order valence-corrected chi connectivity index (χ2v) is 4.36. The number of nitrogens with zero attached hydrogens (tertiary/aromatic N) is 2. The number of amides is 1. The Morgan fingerprint density at radius 3 is 2.81 bits per heavy atom. The largest absolute Gasteiger partial charge is 0.348 e. The van der Waals surface area contributed by atoms with Gasteiger partial charge in [0, 0.05) is 12.2 Å². The van der Waals surface area contributed by atoms with Crippen molar-refractivity contribution in [3.8, 4) is 0 Å². The summed E-state index contributed by atoms with van der Waals surface area (Å²) in [6.45, 7) is 0. The molecule has 1 N–H and O–H groups in total. The molecule has 0 radical (unpaired) electrons. The topological polar surface area (TPSA) is 54.9 Å². The molecule has 0 aromatic carbocycles. The summed E-state index contributed by atoms with van der Waals surface area (Å²) in [5.41, 5.74) is 0.338. The lowest BCUT2D eigenvalue weighted by Gasteiger charge is -2.22. The first-order valence-corrected chi connectivity index (χ1v) is 5.93. The Morgan fingerprint density at radius 1 is 1.38 bits per heavy atom. The van der Waals surface area contributed by atoms with E-state index in [0.717, 1.165) is 12.8 Å². The molecule has 5 heteroatoms. The maximum atomic E-state index is 11.8. The number of nitrogens with one attached hydrogen (secondary N) is 1. The summed E-state index contributed by atoms with van der Waals surface area (Å²) in [7, 11) is 0. The van der Waals surface area contributed by atoms with E-state index >= 15 is 0 Å². The van der Waals surface area contributed by atoms with Crippen molar-refractivity contribution >= 4 is 17.5 Å². The van der Waals surface area contributed by atoms with E-state index in [9.17, 15) is 4.79 Å². The first-order valence-electron chi connectivity index (χ1n) is 5.55. The summed E-state index contributed by atoms with van der Waals surface area (Å²) in [5.74, 6) is -0.156. The van der Waals surface area contributed by atoms with Crippen molar-refractivity contribution in [2.45, 2.75) is 38.1 Å². The van der Waals surface area contributed by atoms with E-state index in [1.54, 1.807) is 6.07 Å². The summed E-state index contributed by atoms with van der Waals surface area (Å²) in [6, 6.07) is 1.86. The van der Waals surface area contributed by atoms with Gasteiger partial charge in [0.25, 0.3) is 5.91 Å². The monoisotopic (exact) mass is 239 g/mol. The number of aromatic nitrogens is 2. The van der Waals surface area contributed by atoms with Gasteiger partial charge in [0.2, 0.25) is 5.28 Å². The molecule has 0 saturated heterocycles. The average molecular weight is 240 g/mol. The Balaban J connectivity index is 1.97. The number of halogens is 1. The van der Waals surface area contributed by atoms with Gasteiger partial charge in [0.1, 0.15) is 5.69 Å². The Labute approximate surface area is 99.4 Å². The Bertz CT molecular complexity index is 377. The third-order valence-electron chi connectivity index (χ3n) is 2.80. The van der Waals surface area contributed by atoms with E-state index in [-0.39, 0.29) is 17.2 Å². The van der Waals surface area contributed by atoms with Crippen LogP contribution in [0.3, 0.4) is 0 Å². The van der Waals surface area contributed by atoms with Crippen LogP contribution in [0.15, 0.2) is 12.3 Å². The maximum Gasteiger partial charge on any atom is 0.270 e. The SMILES string of the molecule is O=C(NC1CCCCC1)c1ccnc(Cl)n1. The average Bonchev–Trinajstić information content (AvgIpc) is 2.30. The van der Waals surface area contributed by atoms with Crippen LogP contribution in [0, 0.1) is 0 Å². The molecule has 0 aliphatic heterocycles. The lowest BCUT2D eigenvalue weighted by molar-refractivity contribution is 0.0922. The van der Waals surface area contributed by atoms with Gasteiger partial charge in [0.15, 0.2) is 0 Å². The molecule has 16 heavy (non-hydrogen) atoms. The van der Waals surface area contributed by atoms with E-state index in [1.165, 1.54) is 25.5 Å². The molecule has 0 bridgehead atoms. The zero-order valence-corrected chi connectivity index (χ0v) is 9.70. The molecule has 1 aliphatic carbocycles. The zero-order chi connectivity index (χ0) is 11.4. The van der Waals surface area contributed by atoms with Gasteiger partial charge in [-0.25, -0.2) is 9.97 Å². The smallest absolute Gasteiger partial charge is 0.270 e. The van der Waals surface area contributed by atoms with Gasteiger partial charge in [-0.15, -0.1) is 0 Å². The normalized spacial score (nSPS) is 17.1. The Morgan fingerprint density at radius 2 is 2.12 bits per heavy atom. The van der Waals surface area contributed by atoms with Crippen LogP contribution < -0.4 is 5.32 Å². The fourth-order valence-electron chi connectivity index (χ4n) is 1.97. The lowest BCUT2D eigenvalue weighted by Crippen LogP contribution is -2.36. The standard InChI is InChI=1S/C11H14ClN3O/c12-11-13-7-6-9(15-11)10(16)14-8-4-2-1-3-5-8/h6-8H,1-5H2,(H,14,16). The molecule has 1 aliphatic rings.